The minimum Gasteiger partial charge on any atom is -0.378 e. The van der Waals surface area contributed by atoms with E-state index in [1.165, 1.54) is 0 Å². The van der Waals surface area contributed by atoms with Crippen molar-refractivity contribution in [2.24, 2.45) is 5.14 Å². The Labute approximate surface area is 118 Å². The fourth-order valence-corrected chi connectivity index (χ4v) is 2.26. The number of hydrogen-bond donors (Lipinski definition) is 3. The normalized spacial score (nSPS) is 12.7. The Morgan fingerprint density at radius 1 is 1.20 bits per heavy atom. The van der Waals surface area contributed by atoms with Crippen LogP contribution < -0.4 is 15.2 Å². The van der Waals surface area contributed by atoms with E-state index in [0.29, 0.717) is 5.69 Å². The first-order chi connectivity index (χ1) is 9.44. The van der Waals surface area contributed by atoms with Crippen LogP contribution in [0.2, 0.25) is 0 Å². The molecule has 1 atom stereocenters. The van der Waals surface area contributed by atoms with Crippen molar-refractivity contribution in [3.63, 3.8) is 0 Å². The van der Waals surface area contributed by atoms with E-state index in [4.69, 9.17) is 5.14 Å². The molecule has 0 saturated carbocycles. The first kappa shape index (κ1) is 14.3. The summed E-state index contributed by atoms with van der Waals surface area (Å²) in [5.41, 5.74) is 2.24. The third kappa shape index (κ3) is 4.22. The Morgan fingerprint density at radius 3 is 2.60 bits per heavy atom. The molecule has 20 heavy (non-hydrogen) atoms. The lowest BCUT2D eigenvalue weighted by molar-refractivity contribution is 0.603. The van der Waals surface area contributed by atoms with Crippen molar-refractivity contribution in [1.82, 2.24) is 4.98 Å². The molecule has 0 bridgehead atoms. The van der Waals surface area contributed by atoms with Crippen LogP contribution >= 0.6 is 0 Å². The molecule has 1 aromatic heterocycles. The second kappa shape index (κ2) is 5.89. The van der Waals surface area contributed by atoms with Gasteiger partial charge in [-0.2, -0.15) is 8.42 Å². The highest BCUT2D eigenvalue weighted by Gasteiger charge is 2.07. The fraction of sp³-hybridized carbons (Fsp3) is 0.154. The van der Waals surface area contributed by atoms with E-state index < -0.39 is 10.2 Å². The number of hydrogen-bond acceptors (Lipinski definition) is 4. The number of nitrogens with two attached hydrogens (primary N) is 1. The highest BCUT2D eigenvalue weighted by atomic mass is 32.2. The molecule has 0 aliphatic heterocycles. The second-order valence-corrected chi connectivity index (χ2v) is 5.67. The molecule has 0 saturated heterocycles. The van der Waals surface area contributed by atoms with Crippen LogP contribution in [-0.4, -0.2) is 13.4 Å². The molecule has 7 heteroatoms. The van der Waals surface area contributed by atoms with Crippen molar-refractivity contribution in [1.29, 1.82) is 0 Å². The molecule has 2 rings (SSSR count). The molecule has 106 valence electrons. The van der Waals surface area contributed by atoms with Crippen molar-refractivity contribution < 1.29 is 8.42 Å². The summed E-state index contributed by atoms with van der Waals surface area (Å²) in [6, 6.07) is 10.8. The maximum Gasteiger partial charge on any atom is 0.296 e. The van der Waals surface area contributed by atoms with Crippen LogP contribution in [0.5, 0.6) is 0 Å². The van der Waals surface area contributed by atoms with Crippen LogP contribution in [0, 0.1) is 0 Å². The van der Waals surface area contributed by atoms with Gasteiger partial charge in [-0.1, -0.05) is 12.1 Å². The number of nitrogens with one attached hydrogen (secondary N) is 2. The van der Waals surface area contributed by atoms with E-state index in [1.54, 1.807) is 30.6 Å². The van der Waals surface area contributed by atoms with E-state index in [-0.39, 0.29) is 6.04 Å². The topological polar surface area (TPSA) is 97.1 Å². The first-order valence-corrected chi connectivity index (χ1v) is 7.56. The SMILES string of the molecule is CC(Nc1cccc(NS(N)(=O)=O)c1)c1cccnc1. The third-order valence-corrected chi connectivity index (χ3v) is 3.21. The summed E-state index contributed by atoms with van der Waals surface area (Å²) in [6.45, 7) is 2.00. The van der Waals surface area contributed by atoms with Crippen LogP contribution in [0.1, 0.15) is 18.5 Å². The third-order valence-electron chi connectivity index (χ3n) is 2.69. The molecule has 0 radical (unpaired) electrons. The Morgan fingerprint density at radius 2 is 1.95 bits per heavy atom. The molecule has 1 heterocycles. The zero-order chi connectivity index (χ0) is 14.6. The molecule has 0 aliphatic rings. The maximum absolute atomic E-state index is 11.0. The summed E-state index contributed by atoms with van der Waals surface area (Å²) in [5.74, 6) is 0. The molecule has 0 aliphatic carbocycles. The Balaban J connectivity index is 2.12. The predicted octanol–water partition coefficient (Wildman–Crippen LogP) is 1.87. The van der Waals surface area contributed by atoms with Gasteiger partial charge in [0.05, 0.1) is 11.7 Å². The van der Waals surface area contributed by atoms with Gasteiger partial charge in [0, 0.05) is 18.1 Å². The predicted molar refractivity (Wildman–Crippen MR) is 79.4 cm³/mol. The van der Waals surface area contributed by atoms with Crippen molar-refractivity contribution in [3.05, 3.63) is 54.4 Å². The largest absolute Gasteiger partial charge is 0.378 e. The van der Waals surface area contributed by atoms with E-state index in [9.17, 15) is 8.42 Å². The van der Waals surface area contributed by atoms with Gasteiger partial charge in [-0.25, -0.2) is 5.14 Å². The van der Waals surface area contributed by atoms with Crippen LogP contribution in [0.3, 0.4) is 0 Å². The first-order valence-electron chi connectivity index (χ1n) is 6.01. The lowest BCUT2D eigenvalue weighted by Crippen LogP contribution is -2.21. The fourth-order valence-electron chi connectivity index (χ4n) is 1.80. The zero-order valence-electron chi connectivity index (χ0n) is 10.9. The lowest BCUT2D eigenvalue weighted by atomic mass is 10.1. The molecule has 0 fully saturated rings. The highest BCUT2D eigenvalue weighted by molar-refractivity contribution is 7.90. The molecule has 6 nitrogen and oxygen atoms in total. The molecule has 2 aromatic rings. The summed E-state index contributed by atoms with van der Waals surface area (Å²) in [4.78, 5) is 4.07. The van der Waals surface area contributed by atoms with Gasteiger partial charge < -0.3 is 5.32 Å². The summed E-state index contributed by atoms with van der Waals surface area (Å²) < 4.78 is 24.2. The summed E-state index contributed by atoms with van der Waals surface area (Å²) in [6.07, 6.45) is 3.50. The van der Waals surface area contributed by atoms with Gasteiger partial charge in [-0.3, -0.25) is 9.71 Å². The van der Waals surface area contributed by atoms with Crippen molar-refractivity contribution >= 4 is 21.6 Å². The molecule has 4 N–H and O–H groups in total. The summed E-state index contributed by atoms with van der Waals surface area (Å²) in [5, 5.41) is 8.21. The quantitative estimate of drug-likeness (QED) is 0.783. The van der Waals surface area contributed by atoms with Crippen LogP contribution in [0.25, 0.3) is 0 Å². The molecule has 1 aromatic carbocycles. The van der Waals surface area contributed by atoms with Gasteiger partial charge in [-0.05, 0) is 36.8 Å². The Bertz CT molecular complexity index is 674. The minimum absolute atomic E-state index is 0.0495. The summed E-state index contributed by atoms with van der Waals surface area (Å²) >= 11 is 0. The Hall–Kier alpha value is -2.12. The lowest BCUT2D eigenvalue weighted by Gasteiger charge is -2.16. The molecule has 0 amide bonds. The van der Waals surface area contributed by atoms with Gasteiger partial charge in [0.15, 0.2) is 0 Å². The van der Waals surface area contributed by atoms with Crippen molar-refractivity contribution in [2.45, 2.75) is 13.0 Å². The smallest absolute Gasteiger partial charge is 0.296 e. The van der Waals surface area contributed by atoms with Crippen molar-refractivity contribution in [2.75, 3.05) is 10.0 Å². The van der Waals surface area contributed by atoms with Gasteiger partial charge >= 0.3 is 0 Å². The average Bonchev–Trinajstić information content (AvgIpc) is 2.38. The van der Waals surface area contributed by atoms with E-state index >= 15 is 0 Å². The van der Waals surface area contributed by atoms with Gasteiger partial charge in [-0.15, -0.1) is 0 Å². The number of rotatable bonds is 5. The van der Waals surface area contributed by atoms with Crippen LogP contribution in [-0.2, 0) is 10.2 Å². The molecular formula is C13H16N4O2S. The number of pyridine rings is 1. The van der Waals surface area contributed by atoms with Gasteiger partial charge in [0.1, 0.15) is 0 Å². The molecule has 1 unspecified atom stereocenters. The number of aromatic nitrogens is 1. The number of benzene rings is 1. The van der Waals surface area contributed by atoms with E-state index in [1.807, 2.05) is 25.1 Å². The zero-order valence-corrected chi connectivity index (χ0v) is 11.8. The molecule has 0 spiro atoms. The van der Waals surface area contributed by atoms with Gasteiger partial charge in [0.25, 0.3) is 10.2 Å². The minimum atomic E-state index is -3.76. The number of nitrogens with zero attached hydrogens (tertiary/aromatic N) is 1. The summed E-state index contributed by atoms with van der Waals surface area (Å²) in [7, 11) is -3.76. The monoisotopic (exact) mass is 292 g/mol. The maximum atomic E-state index is 11.0. The number of anilines is 2. The highest BCUT2D eigenvalue weighted by Crippen LogP contribution is 2.21. The Kier molecular flexibility index (Phi) is 4.21. The average molecular weight is 292 g/mol. The van der Waals surface area contributed by atoms with Crippen molar-refractivity contribution in [3.8, 4) is 0 Å². The standard InChI is InChI=1S/C13H16N4O2S/c1-10(11-4-3-7-15-9-11)16-12-5-2-6-13(8-12)17-20(14,18)19/h2-10,16-17H,1H3,(H2,14,18,19). The van der Waals surface area contributed by atoms with Crippen LogP contribution in [0.4, 0.5) is 11.4 Å². The van der Waals surface area contributed by atoms with Gasteiger partial charge in [0.2, 0.25) is 0 Å². The van der Waals surface area contributed by atoms with E-state index in [0.717, 1.165) is 11.3 Å². The van der Waals surface area contributed by atoms with E-state index in [2.05, 4.69) is 15.0 Å². The second-order valence-electron chi connectivity index (χ2n) is 4.38. The van der Waals surface area contributed by atoms with Crippen LogP contribution in [0.15, 0.2) is 48.8 Å². The molecular weight excluding hydrogens is 276 g/mol.